The van der Waals surface area contributed by atoms with Crippen LogP contribution in [-0.2, 0) is 11.0 Å². The zero-order valence-electron chi connectivity index (χ0n) is 18.4. The molecule has 9 heteroatoms. The Morgan fingerprint density at radius 3 is 2.38 bits per heavy atom. The number of carbonyl (C=O) groups excluding carboxylic acids is 2. The van der Waals surface area contributed by atoms with E-state index in [4.69, 9.17) is 0 Å². The number of piperidine rings is 1. The summed E-state index contributed by atoms with van der Waals surface area (Å²) in [5, 5.41) is 2.64. The monoisotopic (exact) mass is 457 g/mol. The van der Waals surface area contributed by atoms with Crippen LogP contribution in [0.25, 0.3) is 0 Å². The fourth-order valence-corrected chi connectivity index (χ4v) is 4.52. The van der Waals surface area contributed by atoms with E-state index in [-0.39, 0.29) is 23.3 Å². The van der Waals surface area contributed by atoms with Gasteiger partial charge in [-0.1, -0.05) is 12.8 Å². The Morgan fingerprint density at radius 2 is 1.75 bits per heavy atom. The molecule has 2 amide bonds. The number of amides is 2. The molecule has 178 valence electrons. The Kier molecular flexibility index (Phi) is 8.14. The molecule has 0 atom stereocenters. The van der Waals surface area contributed by atoms with Crippen molar-refractivity contribution in [2.24, 2.45) is 11.8 Å². The molecule has 1 aromatic rings. The van der Waals surface area contributed by atoms with Crippen molar-refractivity contribution in [2.75, 3.05) is 39.8 Å². The number of nitrogens with one attached hydrogen (secondary N) is 1. The number of benzene rings is 1. The van der Waals surface area contributed by atoms with Crippen molar-refractivity contribution in [3.05, 3.63) is 35.1 Å². The Morgan fingerprint density at radius 1 is 1.09 bits per heavy atom. The highest BCUT2D eigenvalue weighted by molar-refractivity contribution is 5.94. The molecular formula is C23H31F4N3O2. The van der Waals surface area contributed by atoms with Gasteiger partial charge in [-0.2, -0.15) is 13.2 Å². The lowest BCUT2D eigenvalue weighted by atomic mass is 9.96. The fourth-order valence-electron chi connectivity index (χ4n) is 4.52. The van der Waals surface area contributed by atoms with Crippen LogP contribution in [0.5, 0.6) is 0 Å². The van der Waals surface area contributed by atoms with Crippen molar-refractivity contribution >= 4 is 11.8 Å². The van der Waals surface area contributed by atoms with Gasteiger partial charge in [-0.05, 0) is 62.9 Å². The first-order valence-electron chi connectivity index (χ1n) is 11.3. The van der Waals surface area contributed by atoms with Crippen LogP contribution < -0.4 is 5.32 Å². The van der Waals surface area contributed by atoms with E-state index in [9.17, 15) is 27.2 Å². The maximum absolute atomic E-state index is 13.5. The van der Waals surface area contributed by atoms with E-state index >= 15 is 0 Å². The van der Waals surface area contributed by atoms with Crippen LogP contribution in [0.3, 0.4) is 0 Å². The van der Waals surface area contributed by atoms with Crippen LogP contribution in [-0.4, -0.2) is 61.4 Å². The minimum Gasteiger partial charge on any atom is -0.352 e. The van der Waals surface area contributed by atoms with Gasteiger partial charge in [-0.15, -0.1) is 0 Å². The quantitative estimate of drug-likeness (QED) is 0.632. The van der Waals surface area contributed by atoms with Gasteiger partial charge >= 0.3 is 6.18 Å². The summed E-state index contributed by atoms with van der Waals surface area (Å²) in [7, 11) is 1.86. The normalized spacial score (nSPS) is 18.7. The first-order valence-corrected chi connectivity index (χ1v) is 11.3. The van der Waals surface area contributed by atoms with Gasteiger partial charge in [-0.3, -0.25) is 9.59 Å². The van der Waals surface area contributed by atoms with Gasteiger partial charge in [0.1, 0.15) is 5.82 Å². The van der Waals surface area contributed by atoms with E-state index in [1.165, 1.54) is 0 Å². The second kappa shape index (κ2) is 10.6. The first-order chi connectivity index (χ1) is 15.1. The molecule has 2 fully saturated rings. The highest BCUT2D eigenvalue weighted by Crippen LogP contribution is 2.30. The Balaban J connectivity index is 1.39. The lowest BCUT2D eigenvalue weighted by Gasteiger charge is -2.33. The number of hydrogen-bond donors (Lipinski definition) is 1. The summed E-state index contributed by atoms with van der Waals surface area (Å²) in [5.74, 6) is -1.16. The predicted molar refractivity (Wildman–Crippen MR) is 112 cm³/mol. The SMILES string of the molecule is CN(CCN1CCC(CNC(=O)c2cc(F)cc(C(F)(F)F)c2)CC1)C(=O)C1CCCC1. The number of nitrogens with zero attached hydrogens (tertiary/aromatic N) is 2. The largest absolute Gasteiger partial charge is 0.416 e. The predicted octanol–water partition coefficient (Wildman–Crippen LogP) is 3.93. The first kappa shape index (κ1) is 24.5. The number of carbonyl (C=O) groups is 2. The summed E-state index contributed by atoms with van der Waals surface area (Å²) in [6.07, 6.45) is 1.24. The van der Waals surface area contributed by atoms with E-state index in [1.54, 1.807) is 0 Å². The summed E-state index contributed by atoms with van der Waals surface area (Å²) in [5.41, 5.74) is -1.50. The van der Waals surface area contributed by atoms with Crippen LogP contribution in [0.1, 0.15) is 54.4 Å². The third-order valence-corrected chi connectivity index (χ3v) is 6.58. The molecule has 2 aliphatic rings. The summed E-state index contributed by atoms with van der Waals surface area (Å²) in [6.45, 7) is 3.51. The van der Waals surface area contributed by atoms with Crippen LogP contribution in [0.15, 0.2) is 18.2 Å². The molecule has 32 heavy (non-hydrogen) atoms. The molecule has 0 unspecified atom stereocenters. The summed E-state index contributed by atoms with van der Waals surface area (Å²) < 4.78 is 52.0. The maximum Gasteiger partial charge on any atom is 0.416 e. The van der Waals surface area contributed by atoms with Gasteiger partial charge in [0.15, 0.2) is 0 Å². The minimum absolute atomic E-state index is 0.180. The van der Waals surface area contributed by atoms with Gasteiger partial charge in [0, 0.05) is 38.2 Å². The fraction of sp³-hybridized carbons (Fsp3) is 0.652. The molecule has 1 saturated heterocycles. The second-order valence-corrected chi connectivity index (χ2v) is 8.96. The molecular weight excluding hydrogens is 426 g/mol. The summed E-state index contributed by atoms with van der Waals surface area (Å²) in [6, 6.07) is 1.87. The number of likely N-dealkylation sites (tertiary alicyclic amines) is 1. The van der Waals surface area contributed by atoms with E-state index in [0.29, 0.717) is 25.2 Å². The van der Waals surface area contributed by atoms with Gasteiger partial charge in [-0.25, -0.2) is 4.39 Å². The molecule has 0 spiro atoms. The molecule has 1 aromatic carbocycles. The average Bonchev–Trinajstić information content (AvgIpc) is 3.30. The molecule has 1 N–H and O–H groups in total. The molecule has 1 aliphatic heterocycles. The van der Waals surface area contributed by atoms with E-state index < -0.39 is 23.5 Å². The topological polar surface area (TPSA) is 52.6 Å². The molecule has 0 bridgehead atoms. The van der Waals surface area contributed by atoms with Crippen molar-refractivity contribution in [2.45, 2.75) is 44.7 Å². The van der Waals surface area contributed by atoms with Crippen LogP contribution >= 0.6 is 0 Å². The molecule has 1 aliphatic carbocycles. The van der Waals surface area contributed by atoms with E-state index in [2.05, 4.69) is 10.2 Å². The van der Waals surface area contributed by atoms with Gasteiger partial charge in [0.2, 0.25) is 5.91 Å². The van der Waals surface area contributed by atoms with Gasteiger partial charge in [0.05, 0.1) is 5.56 Å². The van der Waals surface area contributed by atoms with Crippen molar-refractivity contribution in [3.8, 4) is 0 Å². The molecule has 1 heterocycles. The van der Waals surface area contributed by atoms with E-state index in [1.807, 2.05) is 11.9 Å². The average molecular weight is 458 g/mol. The lowest BCUT2D eigenvalue weighted by Crippen LogP contribution is -2.43. The van der Waals surface area contributed by atoms with Crippen LogP contribution in [0.2, 0.25) is 0 Å². The van der Waals surface area contributed by atoms with Gasteiger partial charge < -0.3 is 15.1 Å². The van der Waals surface area contributed by atoms with Crippen LogP contribution in [0, 0.1) is 17.7 Å². The zero-order valence-corrected chi connectivity index (χ0v) is 18.4. The molecule has 3 rings (SSSR count). The Labute approximate surface area is 186 Å². The number of alkyl halides is 3. The molecule has 5 nitrogen and oxygen atoms in total. The standard InChI is InChI=1S/C23H31F4N3O2/c1-29(22(32)17-4-2-3-5-17)10-11-30-8-6-16(7-9-30)15-28-21(31)18-12-19(23(25,26)27)14-20(24)13-18/h12-14,16-17H,2-11,15H2,1H3,(H,28,31). The minimum atomic E-state index is -4.71. The third-order valence-electron chi connectivity index (χ3n) is 6.58. The lowest BCUT2D eigenvalue weighted by molar-refractivity contribution is -0.137. The van der Waals surface area contributed by atoms with Crippen molar-refractivity contribution in [1.82, 2.24) is 15.1 Å². The van der Waals surface area contributed by atoms with Gasteiger partial charge in [0.25, 0.3) is 5.91 Å². The molecule has 0 radical (unpaired) electrons. The number of hydrogen-bond acceptors (Lipinski definition) is 3. The highest BCUT2D eigenvalue weighted by atomic mass is 19.4. The van der Waals surface area contributed by atoms with Crippen molar-refractivity contribution < 1.29 is 27.2 Å². The summed E-state index contributed by atoms with van der Waals surface area (Å²) in [4.78, 5) is 28.8. The molecule has 0 aromatic heterocycles. The second-order valence-electron chi connectivity index (χ2n) is 8.96. The van der Waals surface area contributed by atoms with E-state index in [0.717, 1.165) is 64.2 Å². The van der Waals surface area contributed by atoms with Crippen molar-refractivity contribution in [3.63, 3.8) is 0 Å². The smallest absolute Gasteiger partial charge is 0.352 e. The third kappa shape index (κ3) is 6.67. The zero-order chi connectivity index (χ0) is 23.3. The number of halogens is 4. The molecule has 1 saturated carbocycles. The summed E-state index contributed by atoms with van der Waals surface area (Å²) >= 11 is 0. The van der Waals surface area contributed by atoms with Crippen LogP contribution in [0.4, 0.5) is 17.6 Å². The number of likely N-dealkylation sites (N-methyl/N-ethyl adjacent to an activating group) is 1. The Bertz CT molecular complexity index is 801. The highest BCUT2D eigenvalue weighted by Gasteiger charge is 2.32. The number of rotatable bonds is 7. The maximum atomic E-state index is 13.5. The van der Waals surface area contributed by atoms with Crippen molar-refractivity contribution in [1.29, 1.82) is 0 Å². The Hall–Kier alpha value is -2.16.